The van der Waals surface area contributed by atoms with E-state index in [9.17, 15) is 14.4 Å². The number of carbonyl (C=O) groups is 3. The zero-order valence-electron chi connectivity index (χ0n) is 9.29. The van der Waals surface area contributed by atoms with E-state index in [1.165, 1.54) is 6.92 Å². The number of aliphatic hydroxyl groups is 1. The van der Waals surface area contributed by atoms with Crippen molar-refractivity contribution in [3.8, 4) is 0 Å². The fourth-order valence-corrected chi connectivity index (χ4v) is 1.47. The second kappa shape index (κ2) is 6.16. The molecular weight excluding hydrogens is 234 g/mol. The maximum Gasteiger partial charge on any atom is 0.326 e. The molecule has 1 atom stereocenters. The first-order chi connectivity index (χ1) is 7.80. The maximum absolute atomic E-state index is 11.1. The van der Waals surface area contributed by atoms with Crippen LogP contribution < -0.4 is 0 Å². The molecule has 8 heteroatoms. The largest absolute Gasteiger partial charge is 0.480 e. The summed E-state index contributed by atoms with van der Waals surface area (Å²) in [4.78, 5) is 33.0. The Balaban J connectivity index is 5.26. The highest BCUT2D eigenvalue weighted by molar-refractivity contribution is 5.82. The zero-order valence-corrected chi connectivity index (χ0v) is 9.29. The Hall–Kier alpha value is -1.67. The number of aliphatic hydroxyl groups excluding tert-OH is 1. The second-order valence-electron chi connectivity index (χ2n) is 3.49. The molecule has 0 aliphatic carbocycles. The van der Waals surface area contributed by atoms with E-state index in [2.05, 4.69) is 0 Å². The van der Waals surface area contributed by atoms with Gasteiger partial charge in [-0.1, -0.05) is 6.92 Å². The number of aliphatic carboxylic acids is 3. The smallest absolute Gasteiger partial charge is 0.326 e. The first-order valence-corrected chi connectivity index (χ1v) is 4.83. The minimum atomic E-state index is -1.89. The number of carboxylic acids is 3. The van der Waals surface area contributed by atoms with Gasteiger partial charge in [-0.05, 0) is 6.42 Å². The number of rotatable bonds is 8. The average molecular weight is 249 g/mol. The normalized spacial score (nSPS) is 14.3. The van der Waals surface area contributed by atoms with Crippen LogP contribution in [0.3, 0.4) is 0 Å². The third-order valence-electron chi connectivity index (χ3n) is 2.50. The van der Waals surface area contributed by atoms with Gasteiger partial charge in [0.25, 0.3) is 0 Å². The lowest BCUT2D eigenvalue weighted by Gasteiger charge is -2.36. The molecule has 0 radical (unpaired) electrons. The molecule has 0 aromatic carbocycles. The van der Waals surface area contributed by atoms with Gasteiger partial charge in [0.15, 0.2) is 0 Å². The predicted molar refractivity (Wildman–Crippen MR) is 54.6 cm³/mol. The highest BCUT2D eigenvalue weighted by Gasteiger charge is 2.44. The van der Waals surface area contributed by atoms with E-state index in [0.29, 0.717) is 0 Å². The fraction of sp³-hybridized carbons (Fsp3) is 0.667. The lowest BCUT2D eigenvalue weighted by Crippen LogP contribution is -2.59. The van der Waals surface area contributed by atoms with Crippen LogP contribution >= 0.6 is 0 Å². The summed E-state index contributed by atoms with van der Waals surface area (Å²) in [6.45, 7) is -0.972. The van der Waals surface area contributed by atoms with Gasteiger partial charge in [0.1, 0.15) is 5.54 Å². The summed E-state index contributed by atoms with van der Waals surface area (Å²) in [6.07, 6.45) is -0.112. The van der Waals surface area contributed by atoms with Crippen molar-refractivity contribution in [1.29, 1.82) is 0 Å². The summed E-state index contributed by atoms with van der Waals surface area (Å²) in [5, 5.41) is 35.4. The Kier molecular flexibility index (Phi) is 5.56. The Morgan fingerprint density at radius 3 is 1.65 bits per heavy atom. The molecule has 0 saturated carbocycles. The first-order valence-electron chi connectivity index (χ1n) is 4.83. The van der Waals surface area contributed by atoms with E-state index in [0.717, 1.165) is 4.90 Å². The minimum Gasteiger partial charge on any atom is -0.480 e. The van der Waals surface area contributed by atoms with E-state index in [4.69, 9.17) is 20.4 Å². The van der Waals surface area contributed by atoms with Crippen molar-refractivity contribution in [2.45, 2.75) is 18.9 Å². The molecule has 0 fully saturated rings. The molecule has 0 aromatic rings. The molecule has 0 aliphatic rings. The Bertz CT molecular complexity index is 294. The highest BCUT2D eigenvalue weighted by atomic mass is 16.4. The van der Waals surface area contributed by atoms with Crippen LogP contribution in [0.2, 0.25) is 0 Å². The molecule has 98 valence electrons. The lowest BCUT2D eigenvalue weighted by molar-refractivity contribution is -0.160. The van der Waals surface area contributed by atoms with Gasteiger partial charge in [0.05, 0.1) is 19.7 Å². The molecular formula is C9H15NO7. The summed E-state index contributed by atoms with van der Waals surface area (Å²) in [5.41, 5.74) is -1.89. The molecule has 1 unspecified atom stereocenters. The predicted octanol–water partition coefficient (Wildman–Crippen LogP) is -1.32. The molecule has 0 rings (SSSR count). The van der Waals surface area contributed by atoms with Gasteiger partial charge < -0.3 is 20.4 Å². The summed E-state index contributed by atoms with van der Waals surface area (Å²) in [7, 11) is 0. The van der Waals surface area contributed by atoms with Crippen molar-refractivity contribution in [2.75, 3.05) is 19.7 Å². The quantitative estimate of drug-likeness (QED) is 0.416. The van der Waals surface area contributed by atoms with Crippen molar-refractivity contribution < 1.29 is 34.8 Å². The van der Waals surface area contributed by atoms with Crippen molar-refractivity contribution in [3.63, 3.8) is 0 Å². The molecule has 0 amide bonds. The average Bonchev–Trinajstić information content (AvgIpc) is 2.17. The maximum atomic E-state index is 11.1. The van der Waals surface area contributed by atoms with Crippen molar-refractivity contribution in [2.24, 2.45) is 0 Å². The molecule has 0 aliphatic heterocycles. The molecule has 0 bridgehead atoms. The molecule has 4 N–H and O–H groups in total. The third-order valence-corrected chi connectivity index (χ3v) is 2.50. The zero-order chi connectivity index (χ0) is 13.6. The van der Waals surface area contributed by atoms with Gasteiger partial charge in [-0.2, -0.15) is 0 Å². The standard InChI is InChI=1S/C9H15NO7/c1-2-9(5-11,8(16)17)10(3-6(12)13)4-7(14)15/h11H,2-5H2,1H3,(H,12,13)(H,14,15)(H,16,17). The first kappa shape index (κ1) is 15.3. The third kappa shape index (κ3) is 3.68. The summed E-state index contributed by atoms with van der Waals surface area (Å²) in [6, 6.07) is 0. The van der Waals surface area contributed by atoms with Crippen molar-refractivity contribution in [1.82, 2.24) is 4.90 Å². The van der Waals surface area contributed by atoms with Crippen LogP contribution in [0.15, 0.2) is 0 Å². The Morgan fingerprint density at radius 1 is 1.06 bits per heavy atom. The topological polar surface area (TPSA) is 135 Å². The van der Waals surface area contributed by atoms with Gasteiger partial charge in [-0.25, -0.2) is 0 Å². The molecule has 0 saturated heterocycles. The van der Waals surface area contributed by atoms with E-state index in [-0.39, 0.29) is 6.42 Å². The summed E-state index contributed by atoms with van der Waals surface area (Å²) < 4.78 is 0. The van der Waals surface area contributed by atoms with Crippen molar-refractivity contribution >= 4 is 17.9 Å². The molecule has 0 heterocycles. The second-order valence-corrected chi connectivity index (χ2v) is 3.49. The monoisotopic (exact) mass is 249 g/mol. The summed E-state index contributed by atoms with van der Waals surface area (Å²) >= 11 is 0. The molecule has 0 aromatic heterocycles. The van der Waals surface area contributed by atoms with Gasteiger partial charge >= 0.3 is 17.9 Å². The van der Waals surface area contributed by atoms with E-state index in [1.807, 2.05) is 0 Å². The van der Waals surface area contributed by atoms with Gasteiger partial charge in [-0.15, -0.1) is 0 Å². The van der Waals surface area contributed by atoms with E-state index < -0.39 is 43.1 Å². The Morgan fingerprint density at radius 2 is 1.47 bits per heavy atom. The number of carboxylic acid groups (broad SMARTS) is 3. The van der Waals surface area contributed by atoms with Crippen LogP contribution in [0.5, 0.6) is 0 Å². The van der Waals surface area contributed by atoms with Crippen molar-refractivity contribution in [3.05, 3.63) is 0 Å². The van der Waals surface area contributed by atoms with Gasteiger partial charge in [-0.3, -0.25) is 19.3 Å². The molecule has 17 heavy (non-hydrogen) atoms. The number of hydrogen-bond acceptors (Lipinski definition) is 5. The summed E-state index contributed by atoms with van der Waals surface area (Å²) in [5.74, 6) is -4.18. The van der Waals surface area contributed by atoms with E-state index in [1.54, 1.807) is 0 Å². The van der Waals surface area contributed by atoms with Crippen LogP contribution in [-0.4, -0.2) is 68.5 Å². The van der Waals surface area contributed by atoms with Crippen LogP contribution in [-0.2, 0) is 14.4 Å². The fourth-order valence-electron chi connectivity index (χ4n) is 1.47. The number of nitrogens with zero attached hydrogens (tertiary/aromatic N) is 1. The molecule has 8 nitrogen and oxygen atoms in total. The molecule has 0 spiro atoms. The minimum absolute atomic E-state index is 0.112. The van der Waals surface area contributed by atoms with Gasteiger partial charge in [0, 0.05) is 0 Å². The highest BCUT2D eigenvalue weighted by Crippen LogP contribution is 2.19. The van der Waals surface area contributed by atoms with Gasteiger partial charge in [0.2, 0.25) is 0 Å². The van der Waals surface area contributed by atoms with Crippen LogP contribution in [0.1, 0.15) is 13.3 Å². The van der Waals surface area contributed by atoms with Crippen LogP contribution in [0, 0.1) is 0 Å². The number of hydrogen-bond donors (Lipinski definition) is 4. The van der Waals surface area contributed by atoms with Crippen LogP contribution in [0.25, 0.3) is 0 Å². The van der Waals surface area contributed by atoms with E-state index >= 15 is 0 Å². The lowest BCUT2D eigenvalue weighted by atomic mass is 9.94. The van der Waals surface area contributed by atoms with Crippen LogP contribution in [0.4, 0.5) is 0 Å². The Labute approximate surface area is 97.1 Å². The SMILES string of the molecule is CCC(CO)(C(=O)O)N(CC(=O)O)CC(=O)O.